The molecule has 7 nitrogen and oxygen atoms in total. The molecule has 3 N–H and O–H groups in total. The van der Waals surface area contributed by atoms with E-state index in [0.29, 0.717) is 45.1 Å². The van der Waals surface area contributed by atoms with Crippen LogP contribution in [0.2, 0.25) is 0 Å². The molecule has 138 valence electrons. The molecule has 3 rings (SSSR count). The highest BCUT2D eigenvalue weighted by atomic mass is 16.5. The van der Waals surface area contributed by atoms with Crippen LogP contribution in [0.3, 0.4) is 0 Å². The number of nitrogens with zero attached hydrogens (tertiary/aromatic N) is 2. The fraction of sp³-hybridized carbons (Fsp3) is 0.722. The lowest BCUT2D eigenvalue weighted by Crippen LogP contribution is -2.41. The number of carbonyl (C=O) groups excluding carboxylic acids is 1. The van der Waals surface area contributed by atoms with Gasteiger partial charge in [0.25, 0.3) is 0 Å². The van der Waals surface area contributed by atoms with Crippen LogP contribution in [-0.2, 0) is 9.53 Å². The molecule has 1 saturated carbocycles. The van der Waals surface area contributed by atoms with E-state index in [1.807, 2.05) is 0 Å². The maximum atomic E-state index is 12.3. The van der Waals surface area contributed by atoms with Crippen molar-refractivity contribution in [2.75, 3.05) is 25.1 Å². The zero-order chi connectivity index (χ0) is 17.5. The molecular formula is C18H28N4O3. The number of carbonyl (C=O) groups is 1. The monoisotopic (exact) mass is 348 g/mol. The summed E-state index contributed by atoms with van der Waals surface area (Å²) in [7, 11) is 0. The van der Waals surface area contributed by atoms with Crippen LogP contribution >= 0.6 is 0 Å². The SMILES string of the molecule is O=C(NCCC1(O)CCOCC1)C1CCC(Nc2cnccn2)CC1. The highest BCUT2D eigenvalue weighted by Gasteiger charge is 2.30. The lowest BCUT2D eigenvalue weighted by Gasteiger charge is -2.32. The number of hydrogen-bond donors (Lipinski definition) is 3. The molecule has 2 heterocycles. The van der Waals surface area contributed by atoms with Crippen molar-refractivity contribution in [3.8, 4) is 0 Å². The summed E-state index contributed by atoms with van der Waals surface area (Å²) in [5, 5.41) is 16.8. The summed E-state index contributed by atoms with van der Waals surface area (Å²) in [4.78, 5) is 20.6. The summed E-state index contributed by atoms with van der Waals surface area (Å²) in [6.45, 7) is 1.74. The van der Waals surface area contributed by atoms with Crippen LogP contribution in [0.25, 0.3) is 0 Å². The van der Waals surface area contributed by atoms with E-state index in [1.165, 1.54) is 0 Å². The summed E-state index contributed by atoms with van der Waals surface area (Å²) in [6.07, 6.45) is 10.6. The Balaban J connectivity index is 1.35. The van der Waals surface area contributed by atoms with E-state index in [0.717, 1.165) is 31.5 Å². The van der Waals surface area contributed by atoms with Gasteiger partial charge >= 0.3 is 0 Å². The molecule has 0 atom stereocenters. The molecular weight excluding hydrogens is 320 g/mol. The molecule has 0 spiro atoms. The number of nitrogens with one attached hydrogen (secondary N) is 2. The number of ether oxygens (including phenoxy) is 1. The van der Waals surface area contributed by atoms with Crippen LogP contribution < -0.4 is 10.6 Å². The Morgan fingerprint density at radius 3 is 2.68 bits per heavy atom. The maximum Gasteiger partial charge on any atom is 0.223 e. The minimum absolute atomic E-state index is 0.0734. The van der Waals surface area contributed by atoms with Crippen LogP contribution in [0, 0.1) is 5.92 Å². The minimum Gasteiger partial charge on any atom is -0.390 e. The van der Waals surface area contributed by atoms with Gasteiger partial charge in [-0.05, 0) is 44.9 Å². The number of hydrogen-bond acceptors (Lipinski definition) is 6. The van der Waals surface area contributed by atoms with Gasteiger partial charge in [-0.2, -0.15) is 0 Å². The summed E-state index contributed by atoms with van der Waals surface area (Å²) in [6, 6.07) is 0.351. The quantitative estimate of drug-likeness (QED) is 0.721. The molecule has 1 aromatic heterocycles. The summed E-state index contributed by atoms with van der Waals surface area (Å²) in [5.74, 6) is 0.984. The van der Waals surface area contributed by atoms with Crippen molar-refractivity contribution in [3.05, 3.63) is 18.6 Å². The van der Waals surface area contributed by atoms with Crippen LogP contribution in [0.5, 0.6) is 0 Å². The average Bonchev–Trinajstić information content (AvgIpc) is 2.63. The molecule has 0 unspecified atom stereocenters. The van der Waals surface area contributed by atoms with E-state index in [9.17, 15) is 9.90 Å². The summed E-state index contributed by atoms with van der Waals surface area (Å²) >= 11 is 0. The minimum atomic E-state index is -0.677. The molecule has 1 saturated heterocycles. The highest BCUT2D eigenvalue weighted by molar-refractivity contribution is 5.78. The fourth-order valence-corrected chi connectivity index (χ4v) is 3.65. The highest BCUT2D eigenvalue weighted by Crippen LogP contribution is 2.27. The Morgan fingerprint density at radius 1 is 1.24 bits per heavy atom. The van der Waals surface area contributed by atoms with Crippen molar-refractivity contribution in [1.29, 1.82) is 0 Å². The Kier molecular flexibility index (Phi) is 6.20. The zero-order valence-electron chi connectivity index (χ0n) is 14.6. The largest absolute Gasteiger partial charge is 0.390 e. The van der Waals surface area contributed by atoms with E-state index >= 15 is 0 Å². The van der Waals surface area contributed by atoms with Crippen LogP contribution in [0.1, 0.15) is 44.9 Å². The fourth-order valence-electron chi connectivity index (χ4n) is 3.65. The molecule has 2 aliphatic rings. The molecule has 1 aliphatic carbocycles. The van der Waals surface area contributed by atoms with Gasteiger partial charge in [-0.25, -0.2) is 4.98 Å². The van der Waals surface area contributed by atoms with Crippen molar-refractivity contribution in [1.82, 2.24) is 15.3 Å². The Hall–Kier alpha value is -1.73. The van der Waals surface area contributed by atoms with E-state index < -0.39 is 5.60 Å². The maximum absolute atomic E-state index is 12.3. The molecule has 0 aromatic carbocycles. The normalized spacial score (nSPS) is 26.0. The lowest BCUT2D eigenvalue weighted by molar-refractivity contribution is -0.126. The van der Waals surface area contributed by atoms with Gasteiger partial charge in [0.15, 0.2) is 0 Å². The van der Waals surface area contributed by atoms with Crippen molar-refractivity contribution < 1.29 is 14.6 Å². The number of aromatic nitrogens is 2. The second-order valence-corrected chi connectivity index (χ2v) is 7.16. The van der Waals surface area contributed by atoms with Gasteiger partial charge in [0.05, 0.1) is 11.8 Å². The van der Waals surface area contributed by atoms with Crippen molar-refractivity contribution >= 4 is 11.7 Å². The zero-order valence-corrected chi connectivity index (χ0v) is 14.6. The number of rotatable bonds is 6. The predicted molar refractivity (Wildman–Crippen MR) is 94.0 cm³/mol. The second kappa shape index (κ2) is 8.58. The van der Waals surface area contributed by atoms with E-state index in [4.69, 9.17) is 4.74 Å². The third kappa shape index (κ3) is 5.37. The van der Waals surface area contributed by atoms with Crippen LogP contribution in [0.15, 0.2) is 18.6 Å². The van der Waals surface area contributed by atoms with E-state index in [2.05, 4.69) is 20.6 Å². The van der Waals surface area contributed by atoms with Gasteiger partial charge in [0, 0.05) is 44.1 Å². The first-order chi connectivity index (χ1) is 12.1. The first-order valence-corrected chi connectivity index (χ1v) is 9.25. The van der Waals surface area contributed by atoms with E-state index in [-0.39, 0.29) is 11.8 Å². The molecule has 1 amide bonds. The summed E-state index contributed by atoms with van der Waals surface area (Å²) < 4.78 is 5.28. The molecule has 25 heavy (non-hydrogen) atoms. The average molecular weight is 348 g/mol. The van der Waals surface area contributed by atoms with E-state index in [1.54, 1.807) is 18.6 Å². The van der Waals surface area contributed by atoms with Crippen LogP contribution in [-0.4, -0.2) is 52.4 Å². The van der Waals surface area contributed by atoms with Gasteiger partial charge in [-0.1, -0.05) is 0 Å². The predicted octanol–water partition coefficient (Wildman–Crippen LogP) is 1.50. The first-order valence-electron chi connectivity index (χ1n) is 9.25. The van der Waals surface area contributed by atoms with Gasteiger partial charge in [0.2, 0.25) is 5.91 Å². The third-order valence-electron chi connectivity index (χ3n) is 5.33. The summed E-state index contributed by atoms with van der Waals surface area (Å²) in [5.41, 5.74) is -0.677. The molecule has 2 fully saturated rings. The smallest absolute Gasteiger partial charge is 0.223 e. The number of aliphatic hydroxyl groups is 1. The van der Waals surface area contributed by atoms with Crippen molar-refractivity contribution in [2.24, 2.45) is 5.92 Å². The topological polar surface area (TPSA) is 96.4 Å². The van der Waals surface area contributed by atoms with Crippen molar-refractivity contribution in [2.45, 2.75) is 56.6 Å². The Bertz CT molecular complexity index is 541. The molecule has 0 bridgehead atoms. The third-order valence-corrected chi connectivity index (χ3v) is 5.33. The van der Waals surface area contributed by atoms with Gasteiger partial charge in [-0.15, -0.1) is 0 Å². The first kappa shape index (κ1) is 18.1. The van der Waals surface area contributed by atoms with Crippen molar-refractivity contribution in [3.63, 3.8) is 0 Å². The molecule has 7 heteroatoms. The Morgan fingerprint density at radius 2 is 2.00 bits per heavy atom. The Labute approximate surface area is 148 Å². The standard InChI is InChI=1S/C18H28N4O3/c23-17(21-8-5-18(24)6-11-25-12-7-18)14-1-3-15(4-2-14)22-16-13-19-9-10-20-16/h9-10,13-15,24H,1-8,11-12H2,(H,20,22)(H,21,23). The van der Waals surface area contributed by atoms with Gasteiger partial charge in [-0.3, -0.25) is 9.78 Å². The van der Waals surface area contributed by atoms with Gasteiger partial charge in [0.1, 0.15) is 5.82 Å². The van der Waals surface area contributed by atoms with Gasteiger partial charge < -0.3 is 20.5 Å². The number of anilines is 1. The van der Waals surface area contributed by atoms with Crippen LogP contribution in [0.4, 0.5) is 5.82 Å². The number of amides is 1. The lowest BCUT2D eigenvalue weighted by atomic mass is 9.85. The second-order valence-electron chi connectivity index (χ2n) is 7.16. The molecule has 1 aromatic rings. The molecule has 0 radical (unpaired) electrons. The molecule has 1 aliphatic heterocycles.